The van der Waals surface area contributed by atoms with E-state index in [0.717, 1.165) is 37.2 Å². The van der Waals surface area contributed by atoms with Crippen LogP contribution in [0.1, 0.15) is 51.5 Å². The van der Waals surface area contributed by atoms with Crippen LogP contribution in [-0.2, 0) is 6.42 Å². The Balaban J connectivity index is 2.16. The van der Waals surface area contributed by atoms with Crippen LogP contribution in [0.4, 0.5) is 0 Å². The van der Waals surface area contributed by atoms with Gasteiger partial charge in [-0.25, -0.2) is 0 Å². The molecule has 0 heterocycles. The summed E-state index contributed by atoms with van der Waals surface area (Å²) < 4.78 is 0. The maximum Gasteiger partial charge on any atom is 0.0861 e. The molecule has 108 valence electrons. The van der Waals surface area contributed by atoms with Crippen molar-refractivity contribution in [3.63, 3.8) is 0 Å². The summed E-state index contributed by atoms with van der Waals surface area (Å²) in [5.74, 6) is 0.726. The topological polar surface area (TPSA) is 44.0 Å². The minimum atomic E-state index is -0.957. The Bertz CT molecular complexity index is 464. The second-order valence-corrected chi connectivity index (χ2v) is 6.48. The maximum absolute atomic E-state index is 11.0. The number of aliphatic hydroxyl groups is 1. The van der Waals surface area contributed by atoms with E-state index in [1.54, 1.807) is 0 Å². The summed E-state index contributed by atoms with van der Waals surface area (Å²) in [4.78, 5) is 0. The molecule has 1 fully saturated rings. The van der Waals surface area contributed by atoms with Crippen molar-refractivity contribution in [1.29, 1.82) is 5.26 Å². The predicted octanol–water partition coefficient (Wildman–Crippen LogP) is 4.09. The zero-order valence-electron chi connectivity index (χ0n) is 12.6. The molecule has 1 unspecified atom stereocenters. The number of rotatable bonds is 4. The fourth-order valence-electron chi connectivity index (χ4n) is 3.51. The van der Waals surface area contributed by atoms with Crippen LogP contribution in [0.5, 0.6) is 0 Å². The Labute approximate surface area is 122 Å². The quantitative estimate of drug-likeness (QED) is 0.896. The molecule has 0 bridgehead atoms. The van der Waals surface area contributed by atoms with E-state index in [4.69, 9.17) is 0 Å². The average Bonchev–Trinajstić information content (AvgIpc) is 2.47. The van der Waals surface area contributed by atoms with Crippen LogP contribution in [-0.4, -0.2) is 10.7 Å². The first-order valence-corrected chi connectivity index (χ1v) is 7.70. The molecular formula is C18H25NO. The van der Waals surface area contributed by atoms with E-state index in [2.05, 4.69) is 13.0 Å². The Morgan fingerprint density at radius 2 is 1.90 bits per heavy atom. The van der Waals surface area contributed by atoms with Gasteiger partial charge in [0.15, 0.2) is 0 Å². The largest absolute Gasteiger partial charge is 0.388 e. The monoisotopic (exact) mass is 271 g/mol. The smallest absolute Gasteiger partial charge is 0.0861 e. The van der Waals surface area contributed by atoms with Crippen molar-refractivity contribution < 1.29 is 5.11 Å². The molecule has 1 atom stereocenters. The molecule has 0 amide bonds. The second kappa shape index (κ2) is 5.97. The highest BCUT2D eigenvalue weighted by Crippen LogP contribution is 2.47. The van der Waals surface area contributed by atoms with E-state index < -0.39 is 11.0 Å². The van der Waals surface area contributed by atoms with Gasteiger partial charge in [-0.3, -0.25) is 0 Å². The molecule has 1 aliphatic carbocycles. The molecular weight excluding hydrogens is 246 g/mol. The number of nitrogens with zero attached hydrogens (tertiary/aromatic N) is 1. The van der Waals surface area contributed by atoms with E-state index in [0.29, 0.717) is 6.42 Å². The molecule has 0 saturated heterocycles. The summed E-state index contributed by atoms with van der Waals surface area (Å²) in [6.07, 6.45) is 5.51. The Hall–Kier alpha value is -1.33. The number of hydrogen-bond donors (Lipinski definition) is 1. The van der Waals surface area contributed by atoms with Crippen molar-refractivity contribution >= 4 is 0 Å². The van der Waals surface area contributed by atoms with Gasteiger partial charge in [0.05, 0.1) is 17.1 Å². The van der Waals surface area contributed by atoms with Crippen molar-refractivity contribution in [3.8, 4) is 6.07 Å². The van der Waals surface area contributed by atoms with E-state index >= 15 is 0 Å². The summed E-state index contributed by atoms with van der Waals surface area (Å²) in [6.45, 7) is 4.06. The highest BCUT2D eigenvalue weighted by Gasteiger charge is 2.49. The fourth-order valence-corrected chi connectivity index (χ4v) is 3.51. The summed E-state index contributed by atoms with van der Waals surface area (Å²) in [5, 5.41) is 20.7. The van der Waals surface area contributed by atoms with Gasteiger partial charge < -0.3 is 5.11 Å². The second-order valence-electron chi connectivity index (χ2n) is 6.48. The molecule has 0 aliphatic heterocycles. The van der Waals surface area contributed by atoms with E-state index in [-0.39, 0.29) is 0 Å². The van der Waals surface area contributed by atoms with Crippen molar-refractivity contribution in [2.75, 3.05) is 0 Å². The van der Waals surface area contributed by atoms with Crippen molar-refractivity contribution in [1.82, 2.24) is 0 Å². The molecule has 2 rings (SSSR count). The molecule has 1 aromatic rings. The fraction of sp³-hybridized carbons (Fsp3) is 0.611. The summed E-state index contributed by atoms with van der Waals surface area (Å²) in [6, 6.07) is 12.5. The predicted molar refractivity (Wildman–Crippen MR) is 81.1 cm³/mol. The third-order valence-corrected chi connectivity index (χ3v) is 5.17. The summed E-state index contributed by atoms with van der Waals surface area (Å²) in [5.41, 5.74) is -0.444. The van der Waals surface area contributed by atoms with Gasteiger partial charge in [-0.1, -0.05) is 43.7 Å². The van der Waals surface area contributed by atoms with E-state index in [9.17, 15) is 10.4 Å². The molecule has 0 spiro atoms. The SMILES string of the molecule is CCC1CCC(C#N)(C(C)(O)Cc2ccccc2)CC1. The van der Waals surface area contributed by atoms with Gasteiger partial charge in [0.2, 0.25) is 0 Å². The lowest BCUT2D eigenvalue weighted by molar-refractivity contribution is -0.0633. The highest BCUT2D eigenvalue weighted by molar-refractivity contribution is 5.21. The lowest BCUT2D eigenvalue weighted by atomic mass is 9.61. The molecule has 1 aliphatic rings. The van der Waals surface area contributed by atoms with Crippen LogP contribution in [0.3, 0.4) is 0 Å². The van der Waals surface area contributed by atoms with E-state index in [1.807, 2.05) is 37.3 Å². The number of nitriles is 1. The van der Waals surface area contributed by atoms with Gasteiger partial charge in [0.25, 0.3) is 0 Å². The Morgan fingerprint density at radius 1 is 1.30 bits per heavy atom. The molecule has 1 aromatic carbocycles. The number of hydrogen-bond acceptors (Lipinski definition) is 2. The van der Waals surface area contributed by atoms with Crippen LogP contribution >= 0.6 is 0 Å². The standard InChI is InChI=1S/C18H25NO/c1-3-15-9-11-18(14-19,12-10-15)17(2,20)13-16-7-5-4-6-8-16/h4-8,15,20H,3,9-13H2,1-2H3. The van der Waals surface area contributed by atoms with Gasteiger partial charge in [-0.15, -0.1) is 0 Å². The van der Waals surface area contributed by atoms with Crippen LogP contribution in [0, 0.1) is 22.7 Å². The lowest BCUT2D eigenvalue weighted by Gasteiger charge is -2.44. The molecule has 2 heteroatoms. The minimum absolute atomic E-state index is 0.554. The van der Waals surface area contributed by atoms with Crippen molar-refractivity contribution in [2.45, 2.75) is 58.0 Å². The van der Waals surface area contributed by atoms with Gasteiger partial charge in [0.1, 0.15) is 0 Å². The maximum atomic E-state index is 11.0. The zero-order valence-corrected chi connectivity index (χ0v) is 12.6. The van der Waals surface area contributed by atoms with E-state index in [1.165, 1.54) is 6.42 Å². The van der Waals surface area contributed by atoms with Crippen LogP contribution in [0.25, 0.3) is 0 Å². The van der Waals surface area contributed by atoms with Crippen LogP contribution in [0.15, 0.2) is 30.3 Å². The molecule has 0 radical (unpaired) electrons. The van der Waals surface area contributed by atoms with Gasteiger partial charge in [0, 0.05) is 6.42 Å². The van der Waals surface area contributed by atoms with Gasteiger partial charge in [-0.05, 0) is 44.1 Å². The van der Waals surface area contributed by atoms with Crippen molar-refractivity contribution in [2.24, 2.45) is 11.3 Å². The third kappa shape index (κ3) is 2.88. The van der Waals surface area contributed by atoms with Crippen LogP contribution < -0.4 is 0 Å². The number of benzene rings is 1. The molecule has 1 saturated carbocycles. The molecule has 0 aromatic heterocycles. The highest BCUT2D eigenvalue weighted by atomic mass is 16.3. The van der Waals surface area contributed by atoms with Crippen molar-refractivity contribution in [3.05, 3.63) is 35.9 Å². The minimum Gasteiger partial charge on any atom is -0.388 e. The van der Waals surface area contributed by atoms with Gasteiger partial charge in [-0.2, -0.15) is 5.26 Å². The Kier molecular flexibility index (Phi) is 4.50. The summed E-state index contributed by atoms with van der Waals surface area (Å²) in [7, 11) is 0. The summed E-state index contributed by atoms with van der Waals surface area (Å²) >= 11 is 0. The Morgan fingerprint density at radius 3 is 2.40 bits per heavy atom. The lowest BCUT2D eigenvalue weighted by Crippen LogP contribution is -2.48. The average molecular weight is 271 g/mol. The zero-order chi connectivity index (χ0) is 14.6. The molecule has 2 nitrogen and oxygen atoms in total. The first kappa shape index (κ1) is 15.1. The normalized spacial score (nSPS) is 29.4. The first-order chi connectivity index (χ1) is 9.53. The molecule has 20 heavy (non-hydrogen) atoms. The van der Waals surface area contributed by atoms with Crippen LogP contribution in [0.2, 0.25) is 0 Å². The molecule has 1 N–H and O–H groups in total. The van der Waals surface area contributed by atoms with Gasteiger partial charge >= 0.3 is 0 Å². The third-order valence-electron chi connectivity index (χ3n) is 5.17. The first-order valence-electron chi connectivity index (χ1n) is 7.70.